The van der Waals surface area contributed by atoms with Crippen molar-refractivity contribution < 1.29 is 22.7 Å². The second-order valence-corrected chi connectivity index (χ2v) is 7.84. The Bertz CT molecular complexity index is 989. The Morgan fingerprint density at radius 3 is 2.62 bits per heavy atom. The summed E-state index contributed by atoms with van der Waals surface area (Å²) in [6.07, 6.45) is 4.10. The zero-order valence-electron chi connectivity index (χ0n) is 16.2. The van der Waals surface area contributed by atoms with Crippen LogP contribution in [0.3, 0.4) is 0 Å². The molecule has 2 rings (SSSR count). The molecule has 0 fully saturated rings. The van der Waals surface area contributed by atoms with Crippen LogP contribution < -0.4 is 19.2 Å². The Kier molecular flexibility index (Phi) is 7.79. The monoisotopic (exact) mass is 417 g/mol. The third-order valence-electron chi connectivity index (χ3n) is 3.66. The average molecular weight is 417 g/mol. The number of hydrogen-bond donors (Lipinski definition) is 1. The minimum absolute atomic E-state index is 0.318. The molecule has 0 unspecified atom stereocenters. The molecule has 29 heavy (non-hydrogen) atoms. The first kappa shape index (κ1) is 22.0. The van der Waals surface area contributed by atoms with Crippen LogP contribution in [0, 0.1) is 0 Å². The molecule has 1 amide bonds. The van der Waals surface area contributed by atoms with E-state index in [1.807, 2.05) is 0 Å². The summed E-state index contributed by atoms with van der Waals surface area (Å²) in [5, 5.41) is 3.88. The van der Waals surface area contributed by atoms with Crippen molar-refractivity contribution in [2.24, 2.45) is 5.10 Å². The molecule has 0 aliphatic rings. The maximum atomic E-state index is 12.2. The highest BCUT2D eigenvalue weighted by atomic mass is 32.2. The van der Waals surface area contributed by atoms with E-state index in [1.165, 1.54) is 19.4 Å². The number of rotatable bonds is 10. The molecule has 154 valence electrons. The number of nitrogens with zero attached hydrogens (tertiary/aromatic N) is 2. The van der Waals surface area contributed by atoms with Gasteiger partial charge in [-0.15, -0.1) is 0 Å². The van der Waals surface area contributed by atoms with Gasteiger partial charge in [0.2, 0.25) is 10.0 Å². The van der Waals surface area contributed by atoms with Crippen molar-refractivity contribution >= 4 is 27.8 Å². The molecule has 0 radical (unpaired) electrons. The first-order chi connectivity index (χ1) is 13.8. The molecule has 0 aliphatic carbocycles. The Morgan fingerprint density at radius 2 is 1.93 bits per heavy atom. The topological polar surface area (TPSA) is 97.3 Å². The summed E-state index contributed by atoms with van der Waals surface area (Å²) in [6.45, 7) is 3.54. The highest BCUT2D eigenvalue weighted by Crippen LogP contribution is 2.22. The first-order valence-corrected chi connectivity index (χ1v) is 10.5. The SMILES string of the molecule is C=CCOc1cccc(/C=N\NC(=O)CN(c2cccc(OC)c2)S(C)(=O)=O)c1. The van der Waals surface area contributed by atoms with Crippen molar-refractivity contribution in [3.63, 3.8) is 0 Å². The molecule has 0 atom stereocenters. The lowest BCUT2D eigenvalue weighted by molar-refractivity contribution is -0.119. The lowest BCUT2D eigenvalue weighted by Gasteiger charge is -2.21. The van der Waals surface area contributed by atoms with Gasteiger partial charge in [-0.2, -0.15) is 5.10 Å². The van der Waals surface area contributed by atoms with Crippen LogP contribution >= 0.6 is 0 Å². The maximum absolute atomic E-state index is 12.2. The molecule has 0 saturated carbocycles. The number of methoxy groups -OCH3 is 1. The standard InChI is InChI=1S/C20H23N3O5S/c1-4-11-28-19-10-5-7-16(12-19)14-21-22-20(24)15-23(29(3,25)26)17-8-6-9-18(13-17)27-2/h4-10,12-14H,1,11,15H2,2-3H3,(H,22,24)/b21-14-. The van der Waals surface area contributed by atoms with Crippen LogP contribution in [-0.4, -0.2) is 47.1 Å². The fourth-order valence-electron chi connectivity index (χ4n) is 2.35. The predicted octanol–water partition coefficient (Wildman–Crippen LogP) is 2.18. The van der Waals surface area contributed by atoms with E-state index in [1.54, 1.807) is 48.5 Å². The number of hydrogen-bond acceptors (Lipinski definition) is 6. The van der Waals surface area contributed by atoms with Gasteiger partial charge in [0.25, 0.3) is 5.91 Å². The van der Waals surface area contributed by atoms with Crippen LogP contribution in [0.4, 0.5) is 5.69 Å². The number of sulfonamides is 1. The van der Waals surface area contributed by atoms with Gasteiger partial charge < -0.3 is 9.47 Å². The summed E-state index contributed by atoms with van der Waals surface area (Å²) in [5.41, 5.74) is 3.36. The molecule has 8 nitrogen and oxygen atoms in total. The maximum Gasteiger partial charge on any atom is 0.260 e. The summed E-state index contributed by atoms with van der Waals surface area (Å²) in [6, 6.07) is 13.5. The number of carbonyl (C=O) groups is 1. The average Bonchev–Trinajstić information content (AvgIpc) is 2.70. The van der Waals surface area contributed by atoms with Crippen molar-refractivity contribution in [3.8, 4) is 11.5 Å². The molecule has 0 saturated heterocycles. The zero-order chi connectivity index (χ0) is 21.3. The quantitative estimate of drug-likeness (QED) is 0.363. The molecule has 0 heterocycles. The van der Waals surface area contributed by atoms with Crippen LogP contribution in [0.1, 0.15) is 5.56 Å². The number of benzene rings is 2. The van der Waals surface area contributed by atoms with Crippen LogP contribution in [0.15, 0.2) is 66.3 Å². The number of hydrazone groups is 1. The molecular weight excluding hydrogens is 394 g/mol. The van der Waals surface area contributed by atoms with Gasteiger partial charge >= 0.3 is 0 Å². The van der Waals surface area contributed by atoms with Crippen LogP contribution in [0.25, 0.3) is 0 Å². The minimum Gasteiger partial charge on any atom is -0.497 e. The number of ether oxygens (including phenoxy) is 2. The van der Waals surface area contributed by atoms with E-state index in [0.717, 1.165) is 10.6 Å². The molecular formula is C20H23N3O5S. The number of carbonyl (C=O) groups excluding carboxylic acids is 1. The Hall–Kier alpha value is -3.33. The van der Waals surface area contributed by atoms with E-state index in [0.29, 0.717) is 29.4 Å². The molecule has 1 N–H and O–H groups in total. The molecule has 0 aromatic heterocycles. The van der Waals surface area contributed by atoms with Crippen molar-refractivity contribution in [1.82, 2.24) is 5.43 Å². The van der Waals surface area contributed by atoms with E-state index >= 15 is 0 Å². The van der Waals surface area contributed by atoms with Gasteiger partial charge in [0.1, 0.15) is 24.7 Å². The van der Waals surface area contributed by atoms with Crippen molar-refractivity contribution in [2.45, 2.75) is 0 Å². The summed E-state index contributed by atoms with van der Waals surface area (Å²) in [5.74, 6) is 0.531. The molecule has 0 spiro atoms. The van der Waals surface area contributed by atoms with Gasteiger partial charge in [-0.05, 0) is 29.8 Å². The third-order valence-corrected chi connectivity index (χ3v) is 4.80. The predicted molar refractivity (Wildman–Crippen MR) is 113 cm³/mol. The second-order valence-electron chi connectivity index (χ2n) is 5.94. The summed E-state index contributed by atoms with van der Waals surface area (Å²) in [4.78, 5) is 12.2. The number of anilines is 1. The van der Waals surface area contributed by atoms with E-state index in [9.17, 15) is 13.2 Å². The van der Waals surface area contributed by atoms with E-state index < -0.39 is 22.5 Å². The van der Waals surface area contributed by atoms with E-state index in [2.05, 4.69) is 17.1 Å². The normalized spacial score (nSPS) is 11.1. The van der Waals surface area contributed by atoms with Gasteiger partial charge in [-0.1, -0.05) is 30.9 Å². The highest BCUT2D eigenvalue weighted by Gasteiger charge is 2.21. The van der Waals surface area contributed by atoms with Gasteiger partial charge in [-0.3, -0.25) is 9.10 Å². The van der Waals surface area contributed by atoms with E-state index in [-0.39, 0.29) is 0 Å². The third kappa shape index (κ3) is 6.96. The fourth-order valence-corrected chi connectivity index (χ4v) is 3.20. The van der Waals surface area contributed by atoms with Crippen molar-refractivity contribution in [2.75, 3.05) is 30.8 Å². The minimum atomic E-state index is -3.69. The fraction of sp³-hybridized carbons (Fsp3) is 0.200. The molecule has 0 aliphatic heterocycles. The smallest absolute Gasteiger partial charge is 0.260 e. The van der Waals surface area contributed by atoms with Crippen molar-refractivity contribution in [1.29, 1.82) is 0 Å². The highest BCUT2D eigenvalue weighted by molar-refractivity contribution is 7.92. The lowest BCUT2D eigenvalue weighted by Crippen LogP contribution is -2.39. The summed E-state index contributed by atoms with van der Waals surface area (Å²) >= 11 is 0. The number of nitrogens with one attached hydrogen (secondary N) is 1. The lowest BCUT2D eigenvalue weighted by atomic mass is 10.2. The largest absolute Gasteiger partial charge is 0.497 e. The first-order valence-electron chi connectivity index (χ1n) is 8.61. The Balaban J connectivity index is 2.05. The molecule has 2 aromatic carbocycles. The second kappa shape index (κ2) is 10.3. The Morgan fingerprint density at radius 1 is 1.21 bits per heavy atom. The van der Waals surface area contributed by atoms with Gasteiger partial charge in [0.05, 0.1) is 25.3 Å². The van der Waals surface area contributed by atoms with Crippen LogP contribution in [0.5, 0.6) is 11.5 Å². The van der Waals surface area contributed by atoms with E-state index in [4.69, 9.17) is 9.47 Å². The van der Waals surface area contributed by atoms with Gasteiger partial charge in [0, 0.05) is 6.07 Å². The van der Waals surface area contributed by atoms with Gasteiger partial charge in [0.15, 0.2) is 0 Å². The Labute approximate surface area is 170 Å². The molecule has 2 aromatic rings. The van der Waals surface area contributed by atoms with Gasteiger partial charge in [-0.25, -0.2) is 13.8 Å². The van der Waals surface area contributed by atoms with Crippen LogP contribution in [0.2, 0.25) is 0 Å². The zero-order valence-corrected chi connectivity index (χ0v) is 17.1. The molecule has 0 bridgehead atoms. The number of amides is 1. The van der Waals surface area contributed by atoms with Crippen molar-refractivity contribution in [3.05, 3.63) is 66.7 Å². The molecule has 9 heteroatoms. The summed E-state index contributed by atoms with van der Waals surface area (Å²) in [7, 11) is -2.21. The summed E-state index contributed by atoms with van der Waals surface area (Å²) < 4.78 is 35.8. The van der Waals surface area contributed by atoms with Crippen LogP contribution in [-0.2, 0) is 14.8 Å².